The second-order valence-corrected chi connectivity index (χ2v) is 8.24. The standard InChI is InChI=1S/C24H21Cl2FN4O/c1-15-10-22(32)17(13-19(15)26)21-11-16(24-18(25)4-2-5-20(24)27)12-23(30-21)29-6-3-8-31-9-7-28-14-31/h2,4-5,7,9-14,32H,3,6,8H2,1H3,(H,29,30). The molecule has 2 N–H and O–H groups in total. The second-order valence-electron chi connectivity index (χ2n) is 7.42. The third-order valence-corrected chi connectivity index (χ3v) is 5.81. The Morgan fingerprint density at radius 1 is 1.12 bits per heavy atom. The van der Waals surface area contributed by atoms with Crippen LogP contribution in [0.25, 0.3) is 22.4 Å². The molecule has 0 saturated heterocycles. The Labute approximate surface area is 195 Å². The van der Waals surface area contributed by atoms with Crippen molar-refractivity contribution in [2.45, 2.75) is 19.9 Å². The molecule has 4 rings (SSSR count). The lowest BCUT2D eigenvalue weighted by Gasteiger charge is -2.14. The first-order valence-corrected chi connectivity index (χ1v) is 10.8. The molecule has 0 bridgehead atoms. The van der Waals surface area contributed by atoms with E-state index in [-0.39, 0.29) is 11.3 Å². The zero-order valence-corrected chi connectivity index (χ0v) is 18.8. The van der Waals surface area contributed by atoms with Gasteiger partial charge in [-0.15, -0.1) is 0 Å². The summed E-state index contributed by atoms with van der Waals surface area (Å²) in [4.78, 5) is 8.68. The largest absolute Gasteiger partial charge is 0.507 e. The van der Waals surface area contributed by atoms with Crippen molar-refractivity contribution in [2.75, 3.05) is 11.9 Å². The monoisotopic (exact) mass is 470 g/mol. The Balaban J connectivity index is 1.71. The molecule has 2 heterocycles. The Morgan fingerprint density at radius 2 is 1.97 bits per heavy atom. The lowest BCUT2D eigenvalue weighted by molar-refractivity contribution is 0.476. The molecule has 164 valence electrons. The van der Waals surface area contributed by atoms with Crippen LogP contribution in [0.15, 0.2) is 61.2 Å². The van der Waals surface area contributed by atoms with Crippen molar-refractivity contribution in [1.82, 2.24) is 14.5 Å². The van der Waals surface area contributed by atoms with Gasteiger partial charge in [-0.25, -0.2) is 14.4 Å². The van der Waals surface area contributed by atoms with Gasteiger partial charge in [0.05, 0.1) is 17.0 Å². The summed E-state index contributed by atoms with van der Waals surface area (Å²) in [7, 11) is 0. The molecule has 0 spiro atoms. The van der Waals surface area contributed by atoms with Gasteiger partial charge in [-0.3, -0.25) is 0 Å². The van der Waals surface area contributed by atoms with Gasteiger partial charge < -0.3 is 15.0 Å². The Kier molecular flexibility index (Phi) is 6.63. The lowest BCUT2D eigenvalue weighted by atomic mass is 10.0. The Hall–Kier alpha value is -3.09. The van der Waals surface area contributed by atoms with Crippen LogP contribution in [0.2, 0.25) is 10.0 Å². The van der Waals surface area contributed by atoms with Crippen LogP contribution < -0.4 is 5.32 Å². The number of nitrogens with zero attached hydrogens (tertiary/aromatic N) is 3. The number of aromatic nitrogens is 3. The highest BCUT2D eigenvalue weighted by molar-refractivity contribution is 6.33. The molecule has 0 radical (unpaired) electrons. The fourth-order valence-corrected chi connectivity index (χ4v) is 3.88. The first-order valence-electron chi connectivity index (χ1n) is 10.1. The molecule has 0 fully saturated rings. The highest BCUT2D eigenvalue weighted by Crippen LogP contribution is 2.38. The predicted molar refractivity (Wildman–Crippen MR) is 127 cm³/mol. The van der Waals surface area contributed by atoms with Gasteiger partial charge in [-0.05, 0) is 60.9 Å². The van der Waals surface area contributed by atoms with E-state index in [0.717, 1.165) is 18.5 Å². The Bertz CT molecular complexity index is 1220. The number of aryl methyl sites for hydroxylation is 2. The SMILES string of the molecule is Cc1cc(O)c(-c2cc(-c3c(F)cccc3Cl)cc(NCCCn3ccnc3)n2)cc1Cl. The maximum Gasteiger partial charge on any atom is 0.132 e. The topological polar surface area (TPSA) is 63.0 Å². The maximum atomic E-state index is 14.7. The molecule has 0 atom stereocenters. The number of hydrogen-bond acceptors (Lipinski definition) is 4. The smallest absolute Gasteiger partial charge is 0.132 e. The average molecular weight is 471 g/mol. The summed E-state index contributed by atoms with van der Waals surface area (Å²) in [6.07, 6.45) is 6.24. The number of nitrogens with one attached hydrogen (secondary N) is 1. The summed E-state index contributed by atoms with van der Waals surface area (Å²) >= 11 is 12.6. The third kappa shape index (κ3) is 4.87. The van der Waals surface area contributed by atoms with Crippen molar-refractivity contribution in [3.05, 3.63) is 82.6 Å². The van der Waals surface area contributed by atoms with Crippen LogP contribution in [-0.2, 0) is 6.54 Å². The molecular weight excluding hydrogens is 450 g/mol. The molecule has 0 amide bonds. The molecule has 0 saturated carbocycles. The van der Waals surface area contributed by atoms with E-state index in [0.29, 0.717) is 39.2 Å². The van der Waals surface area contributed by atoms with Crippen molar-refractivity contribution in [2.24, 2.45) is 0 Å². The molecule has 0 aliphatic rings. The van der Waals surface area contributed by atoms with Gasteiger partial charge in [0.15, 0.2) is 0 Å². The number of imidazole rings is 1. The second kappa shape index (κ2) is 9.59. The van der Waals surface area contributed by atoms with E-state index >= 15 is 0 Å². The van der Waals surface area contributed by atoms with Gasteiger partial charge in [-0.2, -0.15) is 0 Å². The average Bonchev–Trinajstić information content (AvgIpc) is 3.27. The predicted octanol–water partition coefficient (Wildman–Crippen LogP) is 6.57. The van der Waals surface area contributed by atoms with Crippen LogP contribution in [0, 0.1) is 12.7 Å². The van der Waals surface area contributed by atoms with Gasteiger partial charge >= 0.3 is 0 Å². The molecule has 0 unspecified atom stereocenters. The Morgan fingerprint density at radius 3 is 2.72 bits per heavy atom. The molecule has 32 heavy (non-hydrogen) atoms. The van der Waals surface area contributed by atoms with Crippen molar-refractivity contribution in [3.63, 3.8) is 0 Å². The minimum absolute atomic E-state index is 0.0437. The van der Waals surface area contributed by atoms with E-state index in [4.69, 9.17) is 23.2 Å². The number of aromatic hydroxyl groups is 1. The summed E-state index contributed by atoms with van der Waals surface area (Å²) in [6.45, 7) is 3.24. The van der Waals surface area contributed by atoms with Crippen LogP contribution in [0.4, 0.5) is 10.2 Å². The third-order valence-electron chi connectivity index (χ3n) is 5.09. The number of phenolic OH excluding ortho intramolecular Hbond substituents is 1. The van der Waals surface area contributed by atoms with Crippen molar-refractivity contribution >= 4 is 29.0 Å². The summed E-state index contributed by atoms with van der Waals surface area (Å²) in [5, 5.41) is 14.6. The van der Waals surface area contributed by atoms with Crippen molar-refractivity contribution < 1.29 is 9.50 Å². The van der Waals surface area contributed by atoms with Crippen LogP contribution >= 0.6 is 23.2 Å². The molecular formula is C24H21Cl2FN4O. The summed E-state index contributed by atoms with van der Waals surface area (Å²) < 4.78 is 16.6. The molecule has 8 heteroatoms. The summed E-state index contributed by atoms with van der Waals surface area (Å²) in [5.41, 5.74) is 2.48. The van der Waals surface area contributed by atoms with E-state index in [1.807, 2.05) is 17.7 Å². The zero-order chi connectivity index (χ0) is 22.7. The molecule has 0 aliphatic carbocycles. The molecule has 2 aromatic carbocycles. The number of hydrogen-bond donors (Lipinski definition) is 2. The summed E-state index contributed by atoms with van der Waals surface area (Å²) in [5.74, 6) is 0.146. The van der Waals surface area contributed by atoms with E-state index < -0.39 is 5.82 Å². The van der Waals surface area contributed by atoms with E-state index in [1.54, 1.807) is 48.9 Å². The molecule has 0 aliphatic heterocycles. The van der Waals surface area contributed by atoms with Gasteiger partial charge in [0.2, 0.25) is 0 Å². The molecule has 2 aromatic heterocycles. The number of pyridine rings is 1. The number of phenols is 1. The van der Waals surface area contributed by atoms with E-state index in [1.165, 1.54) is 6.07 Å². The van der Waals surface area contributed by atoms with E-state index in [2.05, 4.69) is 15.3 Å². The fraction of sp³-hybridized carbons (Fsp3) is 0.167. The minimum Gasteiger partial charge on any atom is -0.507 e. The van der Waals surface area contributed by atoms with Crippen LogP contribution in [0.3, 0.4) is 0 Å². The normalized spacial score (nSPS) is 11.0. The minimum atomic E-state index is -0.438. The van der Waals surface area contributed by atoms with Gasteiger partial charge in [0.25, 0.3) is 0 Å². The fourth-order valence-electron chi connectivity index (χ4n) is 3.45. The number of anilines is 1. The van der Waals surface area contributed by atoms with Crippen molar-refractivity contribution in [1.29, 1.82) is 0 Å². The molecule has 4 aromatic rings. The first-order chi connectivity index (χ1) is 15.4. The van der Waals surface area contributed by atoms with Crippen LogP contribution in [0.1, 0.15) is 12.0 Å². The highest BCUT2D eigenvalue weighted by atomic mass is 35.5. The summed E-state index contributed by atoms with van der Waals surface area (Å²) in [6, 6.07) is 11.2. The zero-order valence-electron chi connectivity index (χ0n) is 17.3. The number of rotatable bonds is 7. The van der Waals surface area contributed by atoms with E-state index in [9.17, 15) is 9.50 Å². The highest BCUT2D eigenvalue weighted by Gasteiger charge is 2.16. The van der Waals surface area contributed by atoms with Crippen LogP contribution in [0.5, 0.6) is 5.75 Å². The van der Waals surface area contributed by atoms with Crippen LogP contribution in [-0.4, -0.2) is 26.2 Å². The van der Waals surface area contributed by atoms with Gasteiger partial charge in [0, 0.05) is 41.6 Å². The lowest BCUT2D eigenvalue weighted by Crippen LogP contribution is -2.07. The quantitative estimate of drug-likeness (QED) is 0.299. The van der Waals surface area contributed by atoms with Crippen molar-refractivity contribution in [3.8, 4) is 28.1 Å². The first kappa shape index (κ1) is 22.1. The van der Waals surface area contributed by atoms with Gasteiger partial charge in [-0.1, -0.05) is 29.3 Å². The maximum absolute atomic E-state index is 14.7. The number of halogens is 3. The van der Waals surface area contributed by atoms with Gasteiger partial charge in [0.1, 0.15) is 17.4 Å². The number of benzene rings is 2. The molecule has 5 nitrogen and oxygen atoms in total.